The maximum Gasteiger partial charge on any atom is 0.416 e. The second-order valence-corrected chi connectivity index (χ2v) is 8.72. The van der Waals surface area contributed by atoms with E-state index in [0.717, 1.165) is 19.2 Å². The van der Waals surface area contributed by atoms with Crippen molar-refractivity contribution < 1.29 is 22.7 Å². The molecule has 0 saturated carbocycles. The van der Waals surface area contributed by atoms with E-state index in [-0.39, 0.29) is 28.4 Å². The van der Waals surface area contributed by atoms with Gasteiger partial charge in [-0.3, -0.25) is 9.69 Å². The van der Waals surface area contributed by atoms with Crippen molar-refractivity contribution in [1.82, 2.24) is 9.80 Å². The van der Waals surface area contributed by atoms with Gasteiger partial charge in [0.25, 0.3) is 5.91 Å². The van der Waals surface area contributed by atoms with Crippen LogP contribution in [0.4, 0.5) is 18.9 Å². The van der Waals surface area contributed by atoms with Crippen LogP contribution in [0.25, 0.3) is 0 Å². The molecule has 0 bridgehead atoms. The highest BCUT2D eigenvalue weighted by molar-refractivity contribution is 6.32. The first kappa shape index (κ1) is 25.6. The number of rotatable bonds is 8. The molecule has 1 N–H and O–H groups in total. The summed E-state index contributed by atoms with van der Waals surface area (Å²) in [5, 5.41) is 2.76. The summed E-state index contributed by atoms with van der Waals surface area (Å²) < 4.78 is 46.7. The summed E-state index contributed by atoms with van der Waals surface area (Å²) in [5.74, 6) is 0.293. The third kappa shape index (κ3) is 7.24. The van der Waals surface area contributed by atoms with Crippen LogP contribution in [0.1, 0.15) is 27.9 Å². The van der Waals surface area contributed by atoms with Crippen LogP contribution >= 0.6 is 23.2 Å². The molecule has 3 rings (SSSR count). The number of anilines is 1. The molecule has 10 heteroatoms. The number of amides is 1. The number of likely N-dealkylation sites (N-methyl/N-ethyl adjacent to an activating group) is 1. The van der Waals surface area contributed by atoms with E-state index in [9.17, 15) is 18.0 Å². The first-order valence-corrected chi connectivity index (χ1v) is 11.5. The van der Waals surface area contributed by atoms with Crippen molar-refractivity contribution >= 4 is 34.8 Å². The second kappa shape index (κ2) is 11.4. The molecule has 1 heterocycles. The van der Waals surface area contributed by atoms with Crippen molar-refractivity contribution in [3.05, 3.63) is 58.1 Å². The Morgan fingerprint density at radius 1 is 1.12 bits per heavy atom. The normalized spacial score (nSPS) is 15.5. The van der Waals surface area contributed by atoms with Gasteiger partial charge >= 0.3 is 6.18 Å². The number of carbonyl (C=O) groups excluding carboxylic acids is 1. The largest absolute Gasteiger partial charge is 0.492 e. The Morgan fingerprint density at radius 3 is 2.48 bits per heavy atom. The van der Waals surface area contributed by atoms with Gasteiger partial charge in [0.1, 0.15) is 5.75 Å². The van der Waals surface area contributed by atoms with Gasteiger partial charge in [-0.05, 0) is 49.4 Å². The number of nitrogens with zero attached hydrogens (tertiary/aromatic N) is 2. The molecule has 1 aliphatic rings. The Bertz CT molecular complexity index is 964. The van der Waals surface area contributed by atoms with E-state index < -0.39 is 17.6 Å². The molecule has 2 aromatic carbocycles. The Kier molecular flexibility index (Phi) is 8.87. The van der Waals surface area contributed by atoms with Gasteiger partial charge in [-0.25, -0.2) is 0 Å². The van der Waals surface area contributed by atoms with E-state index in [1.54, 1.807) is 6.07 Å². The minimum atomic E-state index is -4.53. The predicted molar refractivity (Wildman–Crippen MR) is 124 cm³/mol. The van der Waals surface area contributed by atoms with Crippen LogP contribution in [0.15, 0.2) is 36.4 Å². The topological polar surface area (TPSA) is 44.8 Å². The van der Waals surface area contributed by atoms with Gasteiger partial charge in [-0.1, -0.05) is 17.7 Å². The standard InChI is InChI=1S/C23H26Cl2F3N3O2/c1-30-8-10-31(11-9-30)15-17-3-5-18(14-19(17)23(26,27)28)29-22(32)16-4-6-21(20(25)13-16)33-12-2-7-24/h3-6,13-14H,2,7-12,15H2,1H3,(H,29,32). The Labute approximate surface area is 201 Å². The van der Waals surface area contributed by atoms with E-state index in [1.165, 1.54) is 24.3 Å². The van der Waals surface area contributed by atoms with E-state index >= 15 is 0 Å². The summed E-state index contributed by atoms with van der Waals surface area (Å²) >= 11 is 11.8. The van der Waals surface area contributed by atoms with Gasteiger partial charge in [0.05, 0.1) is 17.2 Å². The van der Waals surface area contributed by atoms with Gasteiger partial charge in [0.15, 0.2) is 0 Å². The monoisotopic (exact) mass is 503 g/mol. The van der Waals surface area contributed by atoms with Crippen LogP contribution in [0.5, 0.6) is 5.75 Å². The van der Waals surface area contributed by atoms with E-state index in [0.29, 0.717) is 37.7 Å². The second-order valence-electron chi connectivity index (χ2n) is 7.94. The molecule has 2 aromatic rings. The van der Waals surface area contributed by atoms with Gasteiger partial charge < -0.3 is 15.0 Å². The molecule has 0 aliphatic carbocycles. The van der Waals surface area contributed by atoms with Gasteiger partial charge in [0.2, 0.25) is 0 Å². The molecular formula is C23H26Cl2F3N3O2. The average molecular weight is 504 g/mol. The number of piperazine rings is 1. The molecule has 1 amide bonds. The predicted octanol–water partition coefficient (Wildman–Crippen LogP) is 5.37. The van der Waals surface area contributed by atoms with Crippen molar-refractivity contribution in [1.29, 1.82) is 0 Å². The molecule has 1 fully saturated rings. The van der Waals surface area contributed by atoms with Crippen LogP contribution in [0, 0.1) is 0 Å². The van der Waals surface area contributed by atoms with E-state index in [4.69, 9.17) is 27.9 Å². The maximum absolute atomic E-state index is 13.8. The van der Waals surface area contributed by atoms with Crippen LogP contribution in [0.2, 0.25) is 5.02 Å². The van der Waals surface area contributed by atoms with Crippen molar-refractivity contribution in [2.45, 2.75) is 19.1 Å². The molecule has 1 aliphatic heterocycles. The molecule has 180 valence electrons. The number of halogens is 5. The van der Waals surface area contributed by atoms with Crippen molar-refractivity contribution in [3.8, 4) is 5.75 Å². The number of nitrogens with one attached hydrogen (secondary N) is 1. The SMILES string of the molecule is CN1CCN(Cc2ccc(NC(=O)c3ccc(OCCCCl)c(Cl)c3)cc2C(F)(F)F)CC1. The summed E-state index contributed by atoms with van der Waals surface area (Å²) in [6.07, 6.45) is -3.89. The van der Waals surface area contributed by atoms with E-state index in [1.807, 2.05) is 11.9 Å². The first-order valence-electron chi connectivity index (χ1n) is 10.6. The van der Waals surface area contributed by atoms with Crippen molar-refractivity contribution in [2.24, 2.45) is 0 Å². The van der Waals surface area contributed by atoms with Crippen LogP contribution < -0.4 is 10.1 Å². The zero-order chi connectivity index (χ0) is 24.0. The molecule has 0 atom stereocenters. The number of carbonyl (C=O) groups is 1. The maximum atomic E-state index is 13.8. The number of alkyl halides is 4. The minimum Gasteiger partial charge on any atom is -0.492 e. The highest BCUT2D eigenvalue weighted by Crippen LogP contribution is 2.35. The molecule has 5 nitrogen and oxygen atoms in total. The Balaban J connectivity index is 1.72. The molecule has 0 aromatic heterocycles. The third-order valence-corrected chi connectivity index (χ3v) is 5.96. The lowest BCUT2D eigenvalue weighted by Gasteiger charge is -2.33. The minimum absolute atomic E-state index is 0.0630. The summed E-state index contributed by atoms with van der Waals surface area (Å²) in [7, 11) is 1.99. The molecule has 1 saturated heterocycles. The van der Waals surface area contributed by atoms with Gasteiger partial charge in [-0.2, -0.15) is 13.2 Å². The Hall–Kier alpha value is -2.00. The molecular weight excluding hydrogens is 478 g/mol. The van der Waals surface area contributed by atoms with Crippen LogP contribution in [0.3, 0.4) is 0 Å². The number of benzene rings is 2. The van der Waals surface area contributed by atoms with Crippen molar-refractivity contribution in [3.63, 3.8) is 0 Å². The fraction of sp³-hybridized carbons (Fsp3) is 0.435. The molecule has 33 heavy (non-hydrogen) atoms. The summed E-state index contributed by atoms with van der Waals surface area (Å²) in [4.78, 5) is 16.8. The number of ether oxygens (including phenoxy) is 1. The first-order chi connectivity index (χ1) is 15.7. The molecule has 0 radical (unpaired) electrons. The van der Waals surface area contributed by atoms with Crippen LogP contribution in [-0.4, -0.2) is 61.4 Å². The quantitative estimate of drug-likeness (QED) is 0.388. The fourth-order valence-corrected chi connectivity index (χ4v) is 3.85. The third-order valence-electron chi connectivity index (χ3n) is 5.39. The van der Waals surface area contributed by atoms with E-state index in [2.05, 4.69) is 10.2 Å². The van der Waals surface area contributed by atoms with Crippen LogP contribution in [-0.2, 0) is 12.7 Å². The average Bonchev–Trinajstić information content (AvgIpc) is 2.76. The van der Waals surface area contributed by atoms with Gasteiger partial charge in [0, 0.05) is 49.9 Å². The van der Waals surface area contributed by atoms with Crippen molar-refractivity contribution in [2.75, 3.05) is 51.0 Å². The molecule has 0 unspecified atom stereocenters. The Morgan fingerprint density at radius 2 is 1.85 bits per heavy atom. The number of hydrogen-bond donors (Lipinski definition) is 1. The lowest BCUT2D eigenvalue weighted by molar-refractivity contribution is -0.138. The zero-order valence-electron chi connectivity index (χ0n) is 18.2. The van der Waals surface area contributed by atoms with Gasteiger partial charge in [-0.15, -0.1) is 11.6 Å². The summed E-state index contributed by atoms with van der Waals surface area (Å²) in [5.41, 5.74) is -0.292. The lowest BCUT2D eigenvalue weighted by atomic mass is 10.0. The summed E-state index contributed by atoms with van der Waals surface area (Å²) in [6.45, 7) is 3.63. The highest BCUT2D eigenvalue weighted by Gasteiger charge is 2.34. The molecule has 0 spiro atoms. The summed E-state index contributed by atoms with van der Waals surface area (Å²) in [6, 6.07) is 8.37. The zero-order valence-corrected chi connectivity index (χ0v) is 19.7. The fourth-order valence-electron chi connectivity index (χ4n) is 3.50. The lowest BCUT2D eigenvalue weighted by Crippen LogP contribution is -2.44. The highest BCUT2D eigenvalue weighted by atomic mass is 35.5. The number of hydrogen-bond acceptors (Lipinski definition) is 4. The smallest absolute Gasteiger partial charge is 0.416 e.